The number of aryl methyl sites for hydroxylation is 1. The molecule has 0 unspecified atom stereocenters. The first-order valence-electron chi connectivity index (χ1n) is 6.30. The molecule has 132 valence electrons. The summed E-state index contributed by atoms with van der Waals surface area (Å²) in [6.07, 6.45) is 0. The second-order valence-electron chi connectivity index (χ2n) is 4.27. The highest BCUT2D eigenvalue weighted by Gasteiger charge is 2.16. The standard InChI is InChI=1S/C11H11BrN4OS.CH4O4S/c1-7-10(18-15-16(7)2)14-11(17)13-9-5-3-8(12)4-6-9;1-5-6(2,3)4/h3-6H,1-2H3,(H-,13,14,15,17);1H3,(H,2,3,4). The zero-order valence-electron chi connectivity index (χ0n) is 12.9. The van der Waals surface area contributed by atoms with Crippen molar-refractivity contribution in [2.45, 2.75) is 6.92 Å². The lowest BCUT2D eigenvalue weighted by molar-refractivity contribution is -0.728. The number of carbonyl (C=O) groups is 1. The molecule has 0 spiro atoms. The van der Waals surface area contributed by atoms with E-state index in [2.05, 4.69) is 35.2 Å². The minimum atomic E-state index is -4.41. The van der Waals surface area contributed by atoms with Crippen molar-refractivity contribution in [1.82, 2.24) is 4.49 Å². The van der Waals surface area contributed by atoms with Gasteiger partial charge >= 0.3 is 6.03 Å². The number of hydrogen-bond donors (Lipinski definition) is 2. The summed E-state index contributed by atoms with van der Waals surface area (Å²) in [5.74, 6) is 0. The maximum atomic E-state index is 11.8. The molecule has 2 rings (SSSR count). The summed E-state index contributed by atoms with van der Waals surface area (Å²) in [4.78, 5) is 11.8. The van der Waals surface area contributed by atoms with E-state index in [1.807, 2.05) is 38.2 Å². The van der Waals surface area contributed by atoms with Gasteiger partial charge in [0, 0.05) is 17.1 Å². The molecule has 0 radical (unpaired) electrons. The van der Waals surface area contributed by atoms with E-state index in [-0.39, 0.29) is 6.03 Å². The number of carbonyl (C=O) groups excluding carboxylic acids is 1. The Balaban J connectivity index is 0.000000413. The minimum absolute atomic E-state index is 0.273. The smallest absolute Gasteiger partial charge is 0.324 e. The summed E-state index contributed by atoms with van der Waals surface area (Å²) in [5.41, 5.74) is 1.66. The highest BCUT2D eigenvalue weighted by molar-refractivity contribution is 9.10. The summed E-state index contributed by atoms with van der Waals surface area (Å²) < 4.78 is 37.8. The second kappa shape index (κ2) is 9.03. The van der Waals surface area contributed by atoms with Crippen LogP contribution in [0.15, 0.2) is 28.7 Å². The van der Waals surface area contributed by atoms with Crippen LogP contribution in [-0.4, -0.2) is 30.6 Å². The second-order valence-corrected chi connectivity index (χ2v) is 7.09. The first-order valence-corrected chi connectivity index (χ1v) is 9.20. The van der Waals surface area contributed by atoms with Gasteiger partial charge in [-0.1, -0.05) is 20.6 Å². The van der Waals surface area contributed by atoms with Crippen molar-refractivity contribution in [3.63, 3.8) is 0 Å². The van der Waals surface area contributed by atoms with E-state index < -0.39 is 10.4 Å². The molecule has 0 aliphatic carbocycles. The third kappa shape index (κ3) is 7.31. The lowest BCUT2D eigenvalue weighted by atomic mass is 10.3. The van der Waals surface area contributed by atoms with Crippen molar-refractivity contribution in [3.8, 4) is 0 Å². The van der Waals surface area contributed by atoms with Gasteiger partial charge in [0.2, 0.25) is 16.1 Å². The molecule has 0 saturated heterocycles. The van der Waals surface area contributed by atoms with E-state index in [0.29, 0.717) is 0 Å². The van der Waals surface area contributed by atoms with E-state index >= 15 is 0 Å². The Hall–Kier alpha value is -1.60. The molecule has 0 aliphatic rings. The van der Waals surface area contributed by atoms with Crippen molar-refractivity contribution in [2.75, 3.05) is 17.7 Å². The molecular formula is C12H15BrN4O5S2. The largest absolute Gasteiger partial charge is 0.726 e. The molecule has 12 heteroatoms. The number of anilines is 2. The van der Waals surface area contributed by atoms with Gasteiger partial charge in [-0.15, -0.1) is 0 Å². The molecule has 0 atom stereocenters. The lowest BCUT2D eigenvalue weighted by Crippen LogP contribution is -2.32. The van der Waals surface area contributed by atoms with Crippen LogP contribution in [0.25, 0.3) is 0 Å². The number of halogens is 1. The van der Waals surface area contributed by atoms with Gasteiger partial charge in [-0.25, -0.2) is 13.2 Å². The summed E-state index contributed by atoms with van der Waals surface area (Å²) in [5, 5.41) is 6.26. The van der Waals surface area contributed by atoms with E-state index in [4.69, 9.17) is 0 Å². The van der Waals surface area contributed by atoms with Crippen LogP contribution >= 0.6 is 27.5 Å². The Bertz CT molecular complexity index is 792. The molecule has 2 aromatic rings. The number of aromatic nitrogens is 2. The van der Waals surface area contributed by atoms with Gasteiger partial charge in [-0.2, -0.15) is 0 Å². The quantitative estimate of drug-likeness (QED) is 0.427. The first kappa shape index (κ1) is 20.4. The SMILES string of the molecule is COS(=O)(=O)[O-].Cc1c(NC(=O)Nc2ccc(Br)cc2)sn[n+]1C. The van der Waals surface area contributed by atoms with Gasteiger partial charge in [0.05, 0.1) is 23.1 Å². The van der Waals surface area contributed by atoms with Crippen LogP contribution in [0.1, 0.15) is 5.69 Å². The molecule has 2 N–H and O–H groups in total. The average Bonchev–Trinajstić information content (AvgIpc) is 2.81. The number of amides is 2. The molecule has 2 amide bonds. The summed E-state index contributed by atoms with van der Waals surface area (Å²) in [6.45, 7) is 1.90. The van der Waals surface area contributed by atoms with Gasteiger partial charge in [0.1, 0.15) is 0 Å². The van der Waals surface area contributed by atoms with Crippen LogP contribution in [0.3, 0.4) is 0 Å². The Morgan fingerprint density at radius 2 is 1.88 bits per heavy atom. The molecule has 0 aliphatic heterocycles. The Morgan fingerprint density at radius 1 is 1.33 bits per heavy atom. The molecule has 0 bridgehead atoms. The topological polar surface area (TPSA) is 124 Å². The Morgan fingerprint density at radius 3 is 2.29 bits per heavy atom. The monoisotopic (exact) mass is 438 g/mol. The van der Waals surface area contributed by atoms with Crippen LogP contribution in [0, 0.1) is 6.92 Å². The van der Waals surface area contributed by atoms with Gasteiger partial charge in [0.25, 0.3) is 0 Å². The summed E-state index contributed by atoms with van der Waals surface area (Å²) >= 11 is 4.59. The highest BCUT2D eigenvalue weighted by atomic mass is 79.9. The number of hydrogen-bond acceptors (Lipinski definition) is 7. The number of benzene rings is 1. The molecule has 1 aromatic heterocycles. The maximum absolute atomic E-state index is 11.8. The predicted molar refractivity (Wildman–Crippen MR) is 91.5 cm³/mol. The van der Waals surface area contributed by atoms with E-state index in [1.165, 1.54) is 11.5 Å². The van der Waals surface area contributed by atoms with E-state index in [0.717, 1.165) is 28.0 Å². The van der Waals surface area contributed by atoms with Crippen molar-refractivity contribution < 1.29 is 26.6 Å². The van der Waals surface area contributed by atoms with Crippen LogP contribution in [0.2, 0.25) is 0 Å². The highest BCUT2D eigenvalue weighted by Crippen LogP contribution is 2.17. The number of nitrogens with one attached hydrogen (secondary N) is 2. The zero-order chi connectivity index (χ0) is 18.3. The van der Waals surface area contributed by atoms with E-state index in [1.54, 1.807) is 4.68 Å². The third-order valence-electron chi connectivity index (χ3n) is 2.60. The fourth-order valence-electron chi connectivity index (χ4n) is 1.29. The fraction of sp³-hybridized carbons (Fsp3) is 0.250. The van der Waals surface area contributed by atoms with Crippen molar-refractivity contribution in [2.24, 2.45) is 7.05 Å². The molecule has 0 fully saturated rings. The summed E-state index contributed by atoms with van der Waals surface area (Å²) in [6, 6.07) is 7.11. The van der Waals surface area contributed by atoms with Crippen LogP contribution in [-0.2, 0) is 21.6 Å². The number of rotatable bonds is 3. The third-order valence-corrected chi connectivity index (χ3v) is 4.45. The molecule has 1 aromatic carbocycles. The maximum Gasteiger partial charge on any atom is 0.324 e. The van der Waals surface area contributed by atoms with Crippen molar-refractivity contribution in [1.29, 1.82) is 0 Å². The predicted octanol–water partition coefficient (Wildman–Crippen LogP) is 1.78. The van der Waals surface area contributed by atoms with Gasteiger partial charge in [-0.05, 0) is 24.3 Å². The van der Waals surface area contributed by atoms with Crippen LogP contribution in [0.5, 0.6) is 0 Å². The molecule has 9 nitrogen and oxygen atoms in total. The molecule has 24 heavy (non-hydrogen) atoms. The lowest BCUT2D eigenvalue weighted by Gasteiger charge is -2.05. The van der Waals surface area contributed by atoms with Crippen molar-refractivity contribution >= 4 is 54.6 Å². The molecular weight excluding hydrogens is 424 g/mol. The van der Waals surface area contributed by atoms with Crippen LogP contribution < -0.4 is 15.3 Å². The van der Waals surface area contributed by atoms with E-state index in [9.17, 15) is 17.8 Å². The van der Waals surface area contributed by atoms with Crippen molar-refractivity contribution in [3.05, 3.63) is 34.4 Å². The van der Waals surface area contributed by atoms with Crippen LogP contribution in [0.4, 0.5) is 15.5 Å². The number of urea groups is 1. The fourth-order valence-corrected chi connectivity index (χ4v) is 2.28. The van der Waals surface area contributed by atoms with Gasteiger partial charge in [-0.3, -0.25) is 9.50 Å². The Labute approximate surface area is 151 Å². The summed E-state index contributed by atoms with van der Waals surface area (Å²) in [7, 11) is -1.77. The average molecular weight is 439 g/mol. The minimum Gasteiger partial charge on any atom is -0.726 e. The molecule has 0 saturated carbocycles. The zero-order valence-corrected chi connectivity index (χ0v) is 16.2. The normalized spacial score (nSPS) is 10.5. The van der Waals surface area contributed by atoms with Gasteiger partial charge in [0.15, 0.2) is 12.0 Å². The van der Waals surface area contributed by atoms with Gasteiger partial charge < -0.3 is 9.87 Å². The number of nitrogens with zero attached hydrogens (tertiary/aromatic N) is 2. The molecule has 1 heterocycles. The Kier molecular flexibility index (Phi) is 7.69. The first-order chi connectivity index (χ1) is 11.1.